The van der Waals surface area contributed by atoms with E-state index in [-0.39, 0.29) is 25.4 Å². The van der Waals surface area contributed by atoms with Gasteiger partial charge in [0.05, 0.1) is 17.6 Å². The Kier molecular flexibility index (Phi) is 18.4. The molecule has 1 rings (SSSR count). The van der Waals surface area contributed by atoms with E-state index < -0.39 is 107 Å². The number of rotatable bonds is 22. The lowest BCUT2D eigenvalue weighted by Gasteiger charge is -2.31. The third-order valence-corrected chi connectivity index (χ3v) is 8.77. The van der Waals surface area contributed by atoms with Crippen LogP contribution in [-0.2, 0) is 52.7 Å². The molecule has 0 aromatic rings. The van der Waals surface area contributed by atoms with Crippen LogP contribution in [0.1, 0.15) is 80.1 Å². The molecule has 302 valence electrons. The van der Waals surface area contributed by atoms with Gasteiger partial charge < -0.3 is 52.6 Å². The van der Waals surface area contributed by atoms with Gasteiger partial charge in [0.1, 0.15) is 36.8 Å². The molecule has 0 bridgehead atoms. The number of nitrogens with two attached hydrogens (primary N) is 1. The number of primary amides is 1. The third-order valence-electron chi connectivity index (χ3n) is 8.77. The Bertz CT molecular complexity index is 1460. The fraction of sp³-hybridized carbons (Fsp3) is 0.647. The fourth-order valence-electron chi connectivity index (χ4n) is 5.45. The average molecular weight is 768 g/mol. The molecule has 0 aromatic heterocycles. The van der Waals surface area contributed by atoms with Crippen LogP contribution in [0, 0.1) is 11.3 Å². The van der Waals surface area contributed by atoms with Crippen molar-refractivity contribution in [3.63, 3.8) is 0 Å². The number of aliphatic hydroxyl groups is 1. The number of aliphatic hydroxyl groups excluding tert-OH is 1. The monoisotopic (exact) mass is 767 g/mol. The molecule has 0 aromatic carbocycles. The zero-order valence-electron chi connectivity index (χ0n) is 31.3. The van der Waals surface area contributed by atoms with Crippen LogP contribution in [0.4, 0.5) is 0 Å². The molecule has 20 nitrogen and oxygen atoms in total. The van der Waals surface area contributed by atoms with E-state index in [2.05, 4.69) is 33.2 Å². The van der Waals surface area contributed by atoms with Crippen molar-refractivity contribution >= 4 is 59.1 Å². The van der Waals surface area contributed by atoms with Crippen LogP contribution in [0.2, 0.25) is 0 Å². The summed E-state index contributed by atoms with van der Waals surface area (Å²) in [5, 5.41) is 33.8. The maximum absolute atomic E-state index is 13.2. The van der Waals surface area contributed by atoms with Crippen molar-refractivity contribution in [3.8, 4) is 0 Å². The van der Waals surface area contributed by atoms with Gasteiger partial charge in [-0.25, -0.2) is 0 Å². The Morgan fingerprint density at radius 1 is 0.833 bits per heavy atom. The number of hydrogen-bond acceptors (Lipinski definition) is 12. The topological polar surface area (TPSA) is 319 Å². The van der Waals surface area contributed by atoms with E-state index in [9.17, 15) is 58.2 Å². The summed E-state index contributed by atoms with van der Waals surface area (Å²) in [6, 6.07) is -8.96. The molecule has 0 unspecified atom stereocenters. The lowest BCUT2D eigenvalue weighted by Crippen LogP contribution is -2.62. The maximum Gasteiger partial charge on any atom is 0.311 e. The van der Waals surface area contributed by atoms with Crippen molar-refractivity contribution in [2.45, 2.75) is 122 Å². The highest BCUT2D eigenvalue weighted by atomic mass is 16.5. The van der Waals surface area contributed by atoms with Crippen molar-refractivity contribution < 1.29 is 62.9 Å². The highest BCUT2D eigenvalue weighted by Gasteiger charge is 2.45. The number of nitrogens with one attached hydrogen (secondary N) is 6. The minimum atomic E-state index is -2.08. The normalized spacial score (nSPS) is 16.7. The van der Waals surface area contributed by atoms with Crippen LogP contribution in [0.25, 0.3) is 0 Å². The summed E-state index contributed by atoms with van der Waals surface area (Å²) >= 11 is 0. The largest absolute Gasteiger partial charge is 0.481 e. The SMILES string of the molecule is C=CCOC(=O)CC[C@H](NC(=O)[C@@H](NC(=O)C(=O)[C@H](C)NC(=O)[C@H](C)NC(=O)[C@@H](NC(=O)[C@@H](NC(C)=O)C1CCCC1)[C@@H](C)O)C(C)(C)C(=O)O)C(N)=O. The number of esters is 1. The fourth-order valence-corrected chi connectivity index (χ4v) is 5.45. The second kappa shape index (κ2) is 21.3. The number of Topliss-reactive ketones (excluding diaryl/α,β-unsaturated/α-hetero) is 1. The predicted molar refractivity (Wildman–Crippen MR) is 188 cm³/mol. The van der Waals surface area contributed by atoms with Crippen molar-refractivity contribution in [3.05, 3.63) is 12.7 Å². The quantitative estimate of drug-likeness (QED) is 0.0306. The van der Waals surface area contributed by atoms with Gasteiger partial charge in [-0.1, -0.05) is 25.5 Å². The second-order valence-electron chi connectivity index (χ2n) is 13.7. The van der Waals surface area contributed by atoms with Gasteiger partial charge in [0.2, 0.25) is 41.2 Å². The number of carbonyl (C=O) groups is 10. The summed E-state index contributed by atoms with van der Waals surface area (Å²) in [7, 11) is 0. The van der Waals surface area contributed by atoms with E-state index in [1.165, 1.54) is 26.8 Å². The van der Waals surface area contributed by atoms with Gasteiger partial charge in [-0.3, -0.25) is 47.9 Å². The molecule has 0 heterocycles. The van der Waals surface area contributed by atoms with Crippen molar-refractivity contribution in [1.29, 1.82) is 0 Å². The molecule has 7 amide bonds. The zero-order chi connectivity index (χ0) is 41.5. The van der Waals surface area contributed by atoms with Gasteiger partial charge in [-0.2, -0.15) is 0 Å². The molecule has 0 radical (unpaired) electrons. The molecule has 20 heteroatoms. The number of hydrogen-bond donors (Lipinski definition) is 9. The summed E-state index contributed by atoms with van der Waals surface area (Å²) in [6.07, 6.45) is 2.21. The highest BCUT2D eigenvalue weighted by molar-refractivity contribution is 6.38. The Labute approximate surface area is 312 Å². The van der Waals surface area contributed by atoms with Gasteiger partial charge in [-0.15, -0.1) is 0 Å². The Hall–Kier alpha value is -5.40. The van der Waals surface area contributed by atoms with Crippen molar-refractivity contribution in [2.75, 3.05) is 6.61 Å². The third kappa shape index (κ3) is 14.2. The van der Waals surface area contributed by atoms with E-state index >= 15 is 0 Å². The molecule has 0 saturated heterocycles. The zero-order valence-corrected chi connectivity index (χ0v) is 31.3. The van der Waals surface area contributed by atoms with Crippen LogP contribution in [-0.4, -0.2) is 118 Å². The Balaban J connectivity index is 2.99. The summed E-state index contributed by atoms with van der Waals surface area (Å²) in [5.41, 5.74) is 3.26. The highest BCUT2D eigenvalue weighted by Crippen LogP contribution is 2.28. The Morgan fingerprint density at radius 3 is 1.91 bits per heavy atom. The second-order valence-corrected chi connectivity index (χ2v) is 13.7. The molecule has 1 saturated carbocycles. The lowest BCUT2D eigenvalue weighted by molar-refractivity contribution is -0.153. The predicted octanol–water partition coefficient (Wildman–Crippen LogP) is -2.80. The van der Waals surface area contributed by atoms with E-state index in [0.29, 0.717) is 12.8 Å². The van der Waals surface area contributed by atoms with Crippen molar-refractivity contribution in [2.24, 2.45) is 17.1 Å². The van der Waals surface area contributed by atoms with Crippen LogP contribution in [0.3, 0.4) is 0 Å². The summed E-state index contributed by atoms with van der Waals surface area (Å²) in [6.45, 7) is 10.2. The van der Waals surface area contributed by atoms with E-state index in [0.717, 1.165) is 33.6 Å². The molecule has 7 atom stereocenters. The number of carboxylic acids is 1. The molecule has 10 N–H and O–H groups in total. The van der Waals surface area contributed by atoms with Crippen LogP contribution in [0.15, 0.2) is 12.7 Å². The van der Waals surface area contributed by atoms with Crippen LogP contribution >= 0.6 is 0 Å². The summed E-state index contributed by atoms with van der Waals surface area (Å²) in [4.78, 5) is 126. The maximum atomic E-state index is 13.2. The molecule has 0 aliphatic heterocycles. The van der Waals surface area contributed by atoms with E-state index in [1.54, 1.807) is 0 Å². The van der Waals surface area contributed by atoms with Crippen LogP contribution < -0.4 is 37.6 Å². The van der Waals surface area contributed by atoms with E-state index in [1.807, 2.05) is 5.32 Å². The van der Waals surface area contributed by atoms with Gasteiger partial charge >= 0.3 is 11.9 Å². The van der Waals surface area contributed by atoms with Crippen LogP contribution in [0.5, 0.6) is 0 Å². The first kappa shape index (κ1) is 46.6. The summed E-state index contributed by atoms with van der Waals surface area (Å²) < 4.78 is 4.81. The van der Waals surface area contributed by atoms with Gasteiger partial charge in [0, 0.05) is 13.3 Å². The standard InChI is InChI=1S/C34H53N7O13/c1-8-15-54-22(44)14-13-21(27(35)46)39-32(51)26(34(6,7)33(52)53)41-31(50)25(45)16(2)36-28(47)17(3)37-29(48)23(18(4)42)40-30(49)24(38-19(5)43)20-11-9-10-12-20/h8,16-18,20-21,23-24,26,42H,1,9-15H2,2-7H3,(H2,35,46)(H,36,47)(H,37,48)(H,38,43)(H,39,51)(H,40,49)(H,41,50)(H,52,53)/t16-,17-,18+,21-,23-,24-,26+/m0/s1. The van der Waals surface area contributed by atoms with Gasteiger partial charge in [-0.05, 0) is 59.8 Å². The summed E-state index contributed by atoms with van der Waals surface area (Å²) in [5.74, 6) is -10.8. The molecule has 1 fully saturated rings. The number of carbonyl (C=O) groups excluding carboxylic acids is 9. The first-order valence-corrected chi connectivity index (χ1v) is 17.4. The minimum Gasteiger partial charge on any atom is -0.481 e. The number of ketones is 1. The molecule has 0 spiro atoms. The number of ether oxygens (including phenoxy) is 1. The molecule has 54 heavy (non-hydrogen) atoms. The minimum absolute atomic E-state index is 0.111. The number of aliphatic carboxylic acids is 1. The lowest BCUT2D eigenvalue weighted by atomic mass is 9.83. The van der Waals surface area contributed by atoms with E-state index in [4.69, 9.17) is 10.5 Å². The van der Waals surface area contributed by atoms with Gasteiger partial charge in [0.15, 0.2) is 0 Å². The number of amides is 7. The molecular formula is C34H53N7O13. The van der Waals surface area contributed by atoms with Crippen molar-refractivity contribution in [1.82, 2.24) is 31.9 Å². The molecule has 1 aliphatic rings. The first-order chi connectivity index (χ1) is 25.0. The van der Waals surface area contributed by atoms with Gasteiger partial charge in [0.25, 0.3) is 5.91 Å². The molecule has 1 aliphatic carbocycles. The molecular weight excluding hydrogens is 714 g/mol. The first-order valence-electron chi connectivity index (χ1n) is 17.4. The Morgan fingerprint density at radius 2 is 1.41 bits per heavy atom. The average Bonchev–Trinajstić information content (AvgIpc) is 3.62. The smallest absolute Gasteiger partial charge is 0.311 e. The number of carboxylic acid groups (broad SMARTS) is 1.